The highest BCUT2D eigenvalue weighted by molar-refractivity contribution is 9.10. The molecule has 0 amide bonds. The molecule has 0 saturated heterocycles. The highest BCUT2D eigenvalue weighted by Gasteiger charge is 2.17. The molecule has 0 spiro atoms. The van der Waals surface area contributed by atoms with Crippen LogP contribution >= 0.6 is 15.9 Å². The molecule has 0 bridgehead atoms. The van der Waals surface area contributed by atoms with Crippen molar-refractivity contribution in [2.45, 2.75) is 26.6 Å². The van der Waals surface area contributed by atoms with Gasteiger partial charge in [-0.25, -0.2) is 0 Å². The normalized spacial score (nSPS) is 11.3. The second kappa shape index (κ2) is 4.35. The van der Waals surface area contributed by atoms with Gasteiger partial charge in [-0.1, -0.05) is 28.1 Å². The molecule has 82 valence electrons. The van der Waals surface area contributed by atoms with E-state index in [2.05, 4.69) is 22.5 Å². The van der Waals surface area contributed by atoms with Crippen molar-refractivity contribution in [3.8, 4) is 5.75 Å². The number of halogens is 2. The van der Waals surface area contributed by atoms with Crippen LogP contribution in [0, 0.1) is 0 Å². The van der Waals surface area contributed by atoms with Crippen LogP contribution in [0.5, 0.6) is 5.75 Å². The van der Waals surface area contributed by atoms with Crippen LogP contribution in [0.15, 0.2) is 29.3 Å². The molecule has 0 aliphatic rings. The van der Waals surface area contributed by atoms with Gasteiger partial charge in [0.25, 0.3) is 0 Å². The van der Waals surface area contributed by atoms with Gasteiger partial charge in [-0.05, 0) is 30.7 Å². The van der Waals surface area contributed by atoms with Crippen molar-refractivity contribution >= 4 is 21.5 Å². The topological polar surface area (TPSA) is 9.23 Å². The van der Waals surface area contributed by atoms with Crippen LogP contribution in [0.4, 0.5) is 4.39 Å². The number of rotatable bonds is 3. The van der Waals surface area contributed by atoms with Gasteiger partial charge >= 0.3 is 0 Å². The summed E-state index contributed by atoms with van der Waals surface area (Å²) < 4.78 is 19.3. The molecular weight excluding hydrogens is 259 g/mol. The fourth-order valence-electron chi connectivity index (χ4n) is 1.15. The summed E-state index contributed by atoms with van der Waals surface area (Å²) in [5, 5.41) is 0. The van der Waals surface area contributed by atoms with Crippen molar-refractivity contribution in [2.75, 3.05) is 0 Å². The quantitative estimate of drug-likeness (QED) is 0.784. The number of hydrogen-bond donors (Lipinski definition) is 0. The standard InChI is InChI=1S/C12H14BrFO/c1-8(2)9-5-10(13)7-11(6-9)15-12(3,4)14/h5-7H,1H2,2-4H3. The first kappa shape index (κ1) is 12.2. The first-order valence-electron chi connectivity index (χ1n) is 4.62. The number of allylic oxidation sites excluding steroid dienone is 1. The van der Waals surface area contributed by atoms with E-state index in [0.29, 0.717) is 5.75 Å². The van der Waals surface area contributed by atoms with E-state index in [0.717, 1.165) is 15.6 Å². The Bertz CT molecular complexity index is 380. The predicted molar refractivity (Wildman–Crippen MR) is 64.7 cm³/mol. The predicted octanol–water partition coefficient (Wildman–Crippen LogP) is 4.57. The van der Waals surface area contributed by atoms with Gasteiger partial charge in [0.05, 0.1) is 0 Å². The number of ether oxygens (including phenoxy) is 1. The van der Waals surface area contributed by atoms with Gasteiger partial charge in [0, 0.05) is 18.3 Å². The van der Waals surface area contributed by atoms with Crippen LogP contribution in [-0.2, 0) is 0 Å². The molecule has 0 N–H and O–H groups in total. The number of hydrogen-bond acceptors (Lipinski definition) is 1. The lowest BCUT2D eigenvalue weighted by atomic mass is 10.1. The Labute approximate surface area is 98.1 Å². The molecule has 0 aliphatic carbocycles. The summed E-state index contributed by atoms with van der Waals surface area (Å²) in [6.07, 6.45) is 0. The second-order valence-electron chi connectivity index (χ2n) is 3.92. The van der Waals surface area contributed by atoms with E-state index < -0.39 is 5.85 Å². The van der Waals surface area contributed by atoms with Gasteiger partial charge < -0.3 is 4.74 Å². The SMILES string of the molecule is C=C(C)c1cc(Br)cc(OC(C)(C)F)c1. The van der Waals surface area contributed by atoms with Crippen molar-refractivity contribution in [2.24, 2.45) is 0 Å². The molecular formula is C12H14BrFO. The average Bonchev–Trinajstić information content (AvgIpc) is 1.99. The lowest BCUT2D eigenvalue weighted by molar-refractivity contribution is -0.0257. The summed E-state index contributed by atoms with van der Waals surface area (Å²) >= 11 is 3.35. The minimum atomic E-state index is -1.67. The Morgan fingerprint density at radius 2 is 2.00 bits per heavy atom. The first-order valence-corrected chi connectivity index (χ1v) is 5.41. The van der Waals surface area contributed by atoms with Gasteiger partial charge in [0.1, 0.15) is 5.75 Å². The molecule has 0 saturated carbocycles. The van der Waals surface area contributed by atoms with Gasteiger partial charge in [-0.15, -0.1) is 0 Å². The molecule has 15 heavy (non-hydrogen) atoms. The average molecular weight is 273 g/mol. The van der Waals surface area contributed by atoms with E-state index in [1.165, 1.54) is 13.8 Å². The molecule has 1 aromatic rings. The Hall–Kier alpha value is -0.830. The lowest BCUT2D eigenvalue weighted by Crippen LogP contribution is -2.21. The largest absolute Gasteiger partial charge is 0.458 e. The summed E-state index contributed by atoms with van der Waals surface area (Å²) in [4.78, 5) is 0. The molecule has 0 unspecified atom stereocenters. The number of benzene rings is 1. The highest BCUT2D eigenvalue weighted by atomic mass is 79.9. The Balaban J connectivity index is 3.04. The maximum Gasteiger partial charge on any atom is 0.242 e. The molecule has 0 fully saturated rings. The third-order valence-electron chi connectivity index (χ3n) is 1.72. The smallest absolute Gasteiger partial charge is 0.242 e. The summed E-state index contributed by atoms with van der Waals surface area (Å²) in [5.74, 6) is -1.18. The van der Waals surface area contributed by atoms with E-state index in [1.807, 2.05) is 13.0 Å². The zero-order valence-corrected chi connectivity index (χ0v) is 10.7. The van der Waals surface area contributed by atoms with Crippen molar-refractivity contribution in [1.29, 1.82) is 0 Å². The Kier molecular flexibility index (Phi) is 3.55. The van der Waals surface area contributed by atoms with E-state index in [1.54, 1.807) is 12.1 Å². The van der Waals surface area contributed by atoms with E-state index in [4.69, 9.17) is 4.74 Å². The molecule has 3 heteroatoms. The minimum absolute atomic E-state index is 0.495. The molecule has 1 nitrogen and oxygen atoms in total. The van der Waals surface area contributed by atoms with Crippen LogP contribution in [0.2, 0.25) is 0 Å². The van der Waals surface area contributed by atoms with Crippen molar-refractivity contribution < 1.29 is 9.13 Å². The van der Waals surface area contributed by atoms with Gasteiger partial charge in [0.15, 0.2) is 0 Å². The maximum atomic E-state index is 13.3. The highest BCUT2D eigenvalue weighted by Crippen LogP contribution is 2.27. The summed E-state index contributed by atoms with van der Waals surface area (Å²) in [5.41, 5.74) is 1.85. The van der Waals surface area contributed by atoms with Crippen LogP contribution in [0.3, 0.4) is 0 Å². The second-order valence-corrected chi connectivity index (χ2v) is 4.84. The van der Waals surface area contributed by atoms with Crippen LogP contribution in [-0.4, -0.2) is 5.85 Å². The van der Waals surface area contributed by atoms with Crippen LogP contribution in [0.1, 0.15) is 26.3 Å². The zero-order valence-electron chi connectivity index (χ0n) is 9.10. The molecule has 0 heterocycles. The van der Waals surface area contributed by atoms with E-state index >= 15 is 0 Å². The Morgan fingerprint density at radius 3 is 2.47 bits per heavy atom. The van der Waals surface area contributed by atoms with Gasteiger partial charge in [-0.2, -0.15) is 4.39 Å². The van der Waals surface area contributed by atoms with Crippen molar-refractivity contribution in [3.63, 3.8) is 0 Å². The number of alkyl halides is 1. The summed E-state index contributed by atoms with van der Waals surface area (Å²) in [7, 11) is 0. The molecule has 1 aromatic carbocycles. The molecule has 0 atom stereocenters. The van der Waals surface area contributed by atoms with Crippen LogP contribution in [0.25, 0.3) is 5.57 Å². The first-order chi connectivity index (χ1) is 6.78. The van der Waals surface area contributed by atoms with Crippen LogP contribution < -0.4 is 4.74 Å². The van der Waals surface area contributed by atoms with E-state index in [9.17, 15) is 4.39 Å². The third kappa shape index (κ3) is 4.04. The molecule has 1 rings (SSSR count). The Morgan fingerprint density at radius 1 is 1.40 bits per heavy atom. The van der Waals surface area contributed by atoms with Crippen molar-refractivity contribution in [3.05, 3.63) is 34.8 Å². The third-order valence-corrected chi connectivity index (χ3v) is 2.18. The fraction of sp³-hybridized carbons (Fsp3) is 0.333. The van der Waals surface area contributed by atoms with Gasteiger partial charge in [-0.3, -0.25) is 0 Å². The monoisotopic (exact) mass is 272 g/mol. The molecule has 0 aromatic heterocycles. The van der Waals surface area contributed by atoms with Crippen molar-refractivity contribution in [1.82, 2.24) is 0 Å². The zero-order chi connectivity index (χ0) is 11.6. The minimum Gasteiger partial charge on any atom is -0.458 e. The molecule has 0 radical (unpaired) electrons. The van der Waals surface area contributed by atoms with Gasteiger partial charge in [0.2, 0.25) is 5.85 Å². The lowest BCUT2D eigenvalue weighted by Gasteiger charge is -2.18. The maximum absolute atomic E-state index is 13.3. The van der Waals surface area contributed by atoms with E-state index in [-0.39, 0.29) is 0 Å². The summed E-state index contributed by atoms with van der Waals surface area (Å²) in [6, 6.07) is 5.42. The molecule has 0 aliphatic heterocycles. The fourth-order valence-corrected chi connectivity index (χ4v) is 1.62. The summed E-state index contributed by atoms with van der Waals surface area (Å²) in [6.45, 7) is 8.47.